The Labute approximate surface area is 208 Å². The Hall–Kier alpha value is -4.36. The van der Waals surface area contributed by atoms with Gasteiger partial charge in [0.15, 0.2) is 0 Å². The molecule has 6 rings (SSSR count). The highest BCUT2D eigenvalue weighted by atomic mass is 16.5. The molecule has 0 bridgehead atoms. The van der Waals surface area contributed by atoms with Crippen LogP contribution in [-0.4, -0.2) is 32.8 Å². The summed E-state index contributed by atoms with van der Waals surface area (Å²) in [5, 5.41) is 9.68. The van der Waals surface area contributed by atoms with Crippen molar-refractivity contribution in [1.29, 1.82) is 0 Å². The third-order valence-corrected chi connectivity index (χ3v) is 6.66. The molecule has 0 spiro atoms. The lowest BCUT2D eigenvalue weighted by molar-refractivity contribution is 0.287. The van der Waals surface area contributed by atoms with Gasteiger partial charge in [-0.15, -0.1) is 0 Å². The number of aromatic nitrogens is 4. The average Bonchev–Trinajstić information content (AvgIpc) is 3.61. The van der Waals surface area contributed by atoms with Gasteiger partial charge in [0, 0.05) is 39.7 Å². The quantitative estimate of drug-likeness (QED) is 0.264. The number of fused-ring (bicyclic) bond motifs is 2. The second kappa shape index (κ2) is 9.02. The standard InChI is InChI=1S/C29H27N5O2/c1-17-25-12-19(7-8-28(25)34-33-17)26-13-22(15-32-29(26)23-9-10-35-18(23)2)36-16-21(30)11-20-14-31-27-6-4-3-5-24(20)27/h3-10,12-15,21,31H,11,16,30H2,1-2H3,(H,33,34)/t21-/m0/s1. The Kier molecular flexibility index (Phi) is 5.54. The van der Waals surface area contributed by atoms with E-state index in [9.17, 15) is 0 Å². The van der Waals surface area contributed by atoms with Gasteiger partial charge in [-0.05, 0) is 61.7 Å². The first-order chi connectivity index (χ1) is 17.6. The van der Waals surface area contributed by atoms with Crippen LogP contribution < -0.4 is 10.5 Å². The smallest absolute Gasteiger partial charge is 0.138 e. The second-order valence-corrected chi connectivity index (χ2v) is 9.16. The predicted molar refractivity (Wildman–Crippen MR) is 142 cm³/mol. The molecule has 0 aliphatic heterocycles. The Morgan fingerprint density at radius 1 is 1.00 bits per heavy atom. The van der Waals surface area contributed by atoms with Crippen molar-refractivity contribution in [2.75, 3.05) is 6.61 Å². The van der Waals surface area contributed by atoms with Gasteiger partial charge in [0.05, 0.1) is 29.4 Å². The molecule has 4 aromatic heterocycles. The largest absolute Gasteiger partial charge is 0.490 e. The van der Waals surface area contributed by atoms with Crippen molar-refractivity contribution in [3.8, 4) is 28.1 Å². The molecule has 0 radical (unpaired) electrons. The van der Waals surface area contributed by atoms with Crippen LogP contribution in [0.15, 0.2) is 77.7 Å². The number of aryl methyl sites for hydroxylation is 2. The highest BCUT2D eigenvalue weighted by molar-refractivity contribution is 5.90. The van der Waals surface area contributed by atoms with Crippen LogP contribution in [0.25, 0.3) is 44.2 Å². The van der Waals surface area contributed by atoms with Gasteiger partial charge in [-0.2, -0.15) is 5.10 Å². The average molecular weight is 478 g/mol. The number of furan rings is 1. The first kappa shape index (κ1) is 22.1. The lowest BCUT2D eigenvalue weighted by atomic mass is 9.98. The van der Waals surface area contributed by atoms with Crippen LogP contribution in [0.5, 0.6) is 5.75 Å². The fraction of sp³-hybridized carbons (Fsp3) is 0.172. The molecule has 0 unspecified atom stereocenters. The Morgan fingerprint density at radius 3 is 2.75 bits per heavy atom. The van der Waals surface area contributed by atoms with Crippen molar-refractivity contribution in [3.05, 3.63) is 90.3 Å². The maximum Gasteiger partial charge on any atom is 0.138 e. The van der Waals surface area contributed by atoms with Crippen molar-refractivity contribution >= 4 is 21.8 Å². The Bertz CT molecular complexity index is 1680. The van der Waals surface area contributed by atoms with E-state index in [-0.39, 0.29) is 6.04 Å². The van der Waals surface area contributed by atoms with E-state index in [4.69, 9.17) is 19.9 Å². The van der Waals surface area contributed by atoms with Gasteiger partial charge in [0.1, 0.15) is 18.1 Å². The number of hydrogen-bond acceptors (Lipinski definition) is 5. The fourth-order valence-corrected chi connectivity index (χ4v) is 4.75. The van der Waals surface area contributed by atoms with Crippen molar-refractivity contribution in [3.63, 3.8) is 0 Å². The predicted octanol–water partition coefficient (Wildman–Crippen LogP) is 5.93. The molecule has 0 saturated carbocycles. The number of pyridine rings is 1. The molecule has 0 aliphatic carbocycles. The maximum atomic E-state index is 6.46. The fourth-order valence-electron chi connectivity index (χ4n) is 4.75. The normalized spacial score (nSPS) is 12.4. The summed E-state index contributed by atoms with van der Waals surface area (Å²) in [6.07, 6.45) is 6.19. The summed E-state index contributed by atoms with van der Waals surface area (Å²) in [6.45, 7) is 4.32. The van der Waals surface area contributed by atoms with Gasteiger partial charge in [-0.1, -0.05) is 24.3 Å². The lowest BCUT2D eigenvalue weighted by Crippen LogP contribution is -2.30. The number of aromatic amines is 2. The summed E-state index contributed by atoms with van der Waals surface area (Å²) >= 11 is 0. The van der Waals surface area contributed by atoms with E-state index < -0.39 is 0 Å². The van der Waals surface area contributed by atoms with E-state index in [0.717, 1.165) is 50.3 Å². The van der Waals surface area contributed by atoms with Gasteiger partial charge in [-0.3, -0.25) is 10.1 Å². The summed E-state index contributed by atoms with van der Waals surface area (Å²) < 4.78 is 11.7. The molecule has 0 amide bonds. The number of H-pyrrole nitrogens is 2. The van der Waals surface area contributed by atoms with Crippen LogP contribution in [0.1, 0.15) is 17.0 Å². The van der Waals surface area contributed by atoms with Gasteiger partial charge in [0.25, 0.3) is 0 Å². The van der Waals surface area contributed by atoms with Crippen LogP contribution in [0, 0.1) is 13.8 Å². The summed E-state index contributed by atoms with van der Waals surface area (Å²) in [7, 11) is 0. The molecule has 1 atom stereocenters. The number of para-hydroxylation sites is 1. The van der Waals surface area contributed by atoms with E-state index in [2.05, 4.69) is 39.4 Å². The summed E-state index contributed by atoms with van der Waals surface area (Å²) in [6, 6.07) is 18.3. The Morgan fingerprint density at radius 2 is 1.89 bits per heavy atom. The van der Waals surface area contributed by atoms with Crippen molar-refractivity contribution < 1.29 is 9.15 Å². The number of hydrogen-bond donors (Lipinski definition) is 3. The highest BCUT2D eigenvalue weighted by Crippen LogP contribution is 2.36. The molecule has 0 saturated heterocycles. The molecule has 6 aromatic rings. The van der Waals surface area contributed by atoms with Gasteiger partial charge in [0.2, 0.25) is 0 Å². The second-order valence-electron chi connectivity index (χ2n) is 9.16. The van der Waals surface area contributed by atoms with Crippen LogP contribution >= 0.6 is 0 Å². The minimum Gasteiger partial charge on any atom is -0.490 e. The SMILES string of the molecule is Cc1occc1-c1ncc(OC[C@@H](N)Cc2c[nH]c3ccccc23)cc1-c1ccc2[nH]nc(C)c2c1. The minimum atomic E-state index is -0.159. The molecule has 0 fully saturated rings. The van der Waals surface area contributed by atoms with Crippen LogP contribution in [0.2, 0.25) is 0 Å². The van der Waals surface area contributed by atoms with Crippen molar-refractivity contribution in [1.82, 2.24) is 20.2 Å². The number of ether oxygens (including phenoxy) is 1. The molecular formula is C29H27N5O2. The zero-order chi connectivity index (χ0) is 24.6. The number of rotatable bonds is 7. The number of benzene rings is 2. The highest BCUT2D eigenvalue weighted by Gasteiger charge is 2.17. The Balaban J connectivity index is 1.29. The molecule has 4 heterocycles. The summed E-state index contributed by atoms with van der Waals surface area (Å²) in [5.41, 5.74) is 14.5. The summed E-state index contributed by atoms with van der Waals surface area (Å²) in [4.78, 5) is 8.10. The van der Waals surface area contributed by atoms with Gasteiger partial charge in [-0.25, -0.2) is 0 Å². The molecule has 0 aliphatic rings. The lowest BCUT2D eigenvalue weighted by Gasteiger charge is -2.15. The van der Waals surface area contributed by atoms with Crippen LogP contribution in [-0.2, 0) is 6.42 Å². The maximum absolute atomic E-state index is 6.46. The third-order valence-electron chi connectivity index (χ3n) is 6.66. The molecule has 4 N–H and O–H groups in total. The monoisotopic (exact) mass is 477 g/mol. The van der Waals surface area contributed by atoms with Crippen molar-refractivity contribution in [2.45, 2.75) is 26.3 Å². The minimum absolute atomic E-state index is 0.159. The molecular weight excluding hydrogens is 450 g/mol. The molecule has 36 heavy (non-hydrogen) atoms. The van der Waals surface area contributed by atoms with Crippen LogP contribution in [0.4, 0.5) is 0 Å². The van der Waals surface area contributed by atoms with Crippen LogP contribution in [0.3, 0.4) is 0 Å². The summed E-state index contributed by atoms with van der Waals surface area (Å²) in [5.74, 6) is 1.49. The number of nitrogens with zero attached hydrogens (tertiary/aromatic N) is 2. The van der Waals surface area contributed by atoms with Gasteiger partial charge >= 0.3 is 0 Å². The molecule has 7 nitrogen and oxygen atoms in total. The van der Waals surface area contributed by atoms with Gasteiger partial charge < -0.3 is 19.9 Å². The van der Waals surface area contributed by atoms with E-state index in [1.54, 1.807) is 12.5 Å². The van der Waals surface area contributed by atoms with E-state index in [1.807, 2.05) is 50.4 Å². The van der Waals surface area contributed by atoms with E-state index >= 15 is 0 Å². The molecule has 2 aromatic carbocycles. The number of nitrogens with two attached hydrogens (primary N) is 1. The van der Waals surface area contributed by atoms with E-state index in [1.165, 1.54) is 10.9 Å². The first-order valence-corrected chi connectivity index (χ1v) is 12.0. The topological polar surface area (TPSA) is 106 Å². The zero-order valence-corrected chi connectivity index (χ0v) is 20.2. The first-order valence-electron chi connectivity index (χ1n) is 12.0. The third kappa shape index (κ3) is 4.03. The van der Waals surface area contributed by atoms with E-state index in [0.29, 0.717) is 18.8 Å². The molecule has 7 heteroatoms. The molecule has 180 valence electrons. The zero-order valence-electron chi connectivity index (χ0n) is 20.2. The number of nitrogens with one attached hydrogen (secondary N) is 2. The van der Waals surface area contributed by atoms with Crippen molar-refractivity contribution in [2.24, 2.45) is 5.73 Å².